The summed E-state index contributed by atoms with van der Waals surface area (Å²) in [5.74, 6) is -1.23. The number of rotatable bonds is 2. The molecule has 3 amide bonds. The van der Waals surface area contributed by atoms with Crippen LogP contribution in [-0.2, 0) is 9.59 Å². The summed E-state index contributed by atoms with van der Waals surface area (Å²) in [5.41, 5.74) is 1.39. The van der Waals surface area contributed by atoms with Crippen LogP contribution in [0.1, 0.15) is 29.9 Å². The molecule has 1 saturated heterocycles. The molecule has 0 bridgehead atoms. The van der Waals surface area contributed by atoms with E-state index in [0.717, 1.165) is 5.69 Å². The molecule has 1 aliphatic rings. The molecule has 1 aliphatic heterocycles. The predicted octanol–water partition coefficient (Wildman–Crippen LogP) is 0.199. The van der Waals surface area contributed by atoms with Crippen LogP contribution in [0.5, 0.6) is 0 Å². The van der Waals surface area contributed by atoms with Gasteiger partial charge in [-0.15, -0.1) is 0 Å². The Morgan fingerprint density at radius 2 is 1.70 bits per heavy atom. The van der Waals surface area contributed by atoms with Gasteiger partial charge in [-0.1, -0.05) is 0 Å². The fourth-order valence-corrected chi connectivity index (χ4v) is 2.36. The average molecular weight is 318 g/mol. The molecule has 2 rings (SSSR count). The maximum atomic E-state index is 12.4. The van der Waals surface area contributed by atoms with Crippen LogP contribution in [0.4, 0.5) is 0 Å². The number of hydrogen-bond acceptors (Lipinski definition) is 4. The Morgan fingerprint density at radius 1 is 1.09 bits per heavy atom. The lowest BCUT2D eigenvalue weighted by atomic mass is 10.2. The monoisotopic (exact) mass is 318 g/mol. The molecule has 1 aromatic rings. The summed E-state index contributed by atoms with van der Waals surface area (Å²) < 4.78 is 0. The molecule has 0 spiro atoms. The third-order valence-corrected chi connectivity index (χ3v) is 3.63. The van der Waals surface area contributed by atoms with Crippen molar-refractivity contribution < 1.29 is 14.4 Å². The van der Waals surface area contributed by atoms with E-state index in [1.165, 1.54) is 4.90 Å². The number of pyridine rings is 1. The zero-order valence-electron chi connectivity index (χ0n) is 13.7. The van der Waals surface area contributed by atoms with Gasteiger partial charge in [-0.2, -0.15) is 0 Å². The fourth-order valence-electron chi connectivity index (χ4n) is 2.36. The third-order valence-electron chi connectivity index (χ3n) is 3.63. The van der Waals surface area contributed by atoms with Gasteiger partial charge in [0, 0.05) is 44.1 Å². The van der Waals surface area contributed by atoms with Crippen LogP contribution < -0.4 is 5.32 Å². The minimum atomic E-state index is -0.595. The Balaban J connectivity index is 1.90. The molecule has 23 heavy (non-hydrogen) atoms. The van der Waals surface area contributed by atoms with E-state index in [0.29, 0.717) is 31.7 Å². The second kappa shape index (κ2) is 7.21. The number of carbonyl (C=O) groups is 3. The Labute approximate surface area is 135 Å². The molecule has 0 atom stereocenters. The van der Waals surface area contributed by atoms with E-state index < -0.39 is 11.8 Å². The van der Waals surface area contributed by atoms with Gasteiger partial charge in [0.1, 0.15) is 0 Å². The maximum Gasteiger partial charge on any atom is 0.312 e. The minimum Gasteiger partial charge on any atom is -0.346 e. The summed E-state index contributed by atoms with van der Waals surface area (Å²) in [6.45, 7) is 7.00. The van der Waals surface area contributed by atoms with E-state index in [1.807, 2.05) is 6.92 Å². The van der Waals surface area contributed by atoms with Crippen LogP contribution in [0.2, 0.25) is 0 Å². The molecule has 0 saturated carbocycles. The number of amides is 3. The highest BCUT2D eigenvalue weighted by molar-refractivity contribution is 6.35. The normalized spacial score (nSPS) is 14.8. The molecule has 2 heterocycles. The summed E-state index contributed by atoms with van der Waals surface area (Å²) in [6, 6.07) is 3.46. The molecule has 7 nitrogen and oxygen atoms in total. The highest BCUT2D eigenvalue weighted by Crippen LogP contribution is 2.09. The van der Waals surface area contributed by atoms with E-state index in [2.05, 4.69) is 10.3 Å². The van der Waals surface area contributed by atoms with Crippen LogP contribution in [0.3, 0.4) is 0 Å². The molecule has 1 aromatic heterocycles. The van der Waals surface area contributed by atoms with Crippen LogP contribution in [0, 0.1) is 6.92 Å². The number of aryl methyl sites for hydroxylation is 1. The molecule has 1 N–H and O–H groups in total. The first-order valence-electron chi connectivity index (χ1n) is 7.70. The molecule has 1 fully saturated rings. The molecule has 0 aliphatic carbocycles. The lowest BCUT2D eigenvalue weighted by molar-refractivity contribution is -0.147. The van der Waals surface area contributed by atoms with Gasteiger partial charge in [0.15, 0.2) is 0 Å². The lowest BCUT2D eigenvalue weighted by Gasteiger charge is -2.34. The summed E-state index contributed by atoms with van der Waals surface area (Å²) >= 11 is 0. The van der Waals surface area contributed by atoms with Crippen molar-refractivity contribution in [3.05, 3.63) is 29.6 Å². The Kier molecular flexibility index (Phi) is 5.31. The van der Waals surface area contributed by atoms with E-state index in [4.69, 9.17) is 0 Å². The van der Waals surface area contributed by atoms with Crippen LogP contribution >= 0.6 is 0 Å². The lowest BCUT2D eigenvalue weighted by Crippen LogP contribution is -2.54. The van der Waals surface area contributed by atoms with Gasteiger partial charge in [0.25, 0.3) is 5.91 Å². The van der Waals surface area contributed by atoms with Gasteiger partial charge in [-0.05, 0) is 32.9 Å². The van der Waals surface area contributed by atoms with Gasteiger partial charge in [-0.3, -0.25) is 19.4 Å². The summed E-state index contributed by atoms with van der Waals surface area (Å²) in [4.78, 5) is 43.4. The van der Waals surface area contributed by atoms with Gasteiger partial charge in [-0.25, -0.2) is 0 Å². The van der Waals surface area contributed by atoms with Gasteiger partial charge in [0.2, 0.25) is 0 Å². The van der Waals surface area contributed by atoms with E-state index in [9.17, 15) is 14.4 Å². The van der Waals surface area contributed by atoms with Crippen molar-refractivity contribution >= 4 is 17.7 Å². The molecule has 0 aromatic carbocycles. The van der Waals surface area contributed by atoms with Crippen molar-refractivity contribution in [2.75, 3.05) is 26.2 Å². The zero-order valence-corrected chi connectivity index (χ0v) is 13.7. The summed E-state index contributed by atoms with van der Waals surface area (Å²) in [5, 5.41) is 2.59. The summed E-state index contributed by atoms with van der Waals surface area (Å²) in [6.07, 6.45) is 1.56. The second-order valence-corrected chi connectivity index (χ2v) is 5.90. The fraction of sp³-hybridized carbons (Fsp3) is 0.500. The van der Waals surface area contributed by atoms with Gasteiger partial charge in [0.05, 0.1) is 5.56 Å². The van der Waals surface area contributed by atoms with Gasteiger partial charge < -0.3 is 15.1 Å². The van der Waals surface area contributed by atoms with Crippen LogP contribution in [0.25, 0.3) is 0 Å². The number of carbonyl (C=O) groups excluding carboxylic acids is 3. The standard InChI is InChI=1S/C16H22N4O3/c1-11(2)18-14(21)16(23)20-8-6-19(7-9-20)15(22)13-5-4-12(3)17-10-13/h4-5,10-11H,6-9H2,1-3H3,(H,18,21). The van der Waals surface area contributed by atoms with Crippen molar-refractivity contribution in [2.45, 2.75) is 26.8 Å². The number of piperazine rings is 1. The first-order chi connectivity index (χ1) is 10.9. The van der Waals surface area contributed by atoms with Gasteiger partial charge >= 0.3 is 11.8 Å². The molecule has 124 valence electrons. The number of aromatic nitrogens is 1. The Bertz CT molecular complexity index is 590. The molecule has 0 unspecified atom stereocenters. The van der Waals surface area contributed by atoms with Crippen molar-refractivity contribution in [2.24, 2.45) is 0 Å². The Hall–Kier alpha value is -2.44. The highest BCUT2D eigenvalue weighted by Gasteiger charge is 2.28. The van der Waals surface area contributed by atoms with Crippen molar-refractivity contribution in [3.8, 4) is 0 Å². The average Bonchev–Trinajstić information content (AvgIpc) is 2.53. The molecule has 0 radical (unpaired) electrons. The number of nitrogens with one attached hydrogen (secondary N) is 1. The van der Waals surface area contributed by atoms with E-state index in [1.54, 1.807) is 37.1 Å². The largest absolute Gasteiger partial charge is 0.346 e. The van der Waals surface area contributed by atoms with Crippen molar-refractivity contribution in [1.82, 2.24) is 20.1 Å². The zero-order chi connectivity index (χ0) is 17.0. The molecule has 7 heteroatoms. The van der Waals surface area contributed by atoms with Crippen LogP contribution in [-0.4, -0.2) is 64.7 Å². The first-order valence-corrected chi connectivity index (χ1v) is 7.70. The smallest absolute Gasteiger partial charge is 0.312 e. The van der Waals surface area contributed by atoms with Crippen molar-refractivity contribution in [3.63, 3.8) is 0 Å². The topological polar surface area (TPSA) is 82.6 Å². The first kappa shape index (κ1) is 16.9. The SMILES string of the molecule is Cc1ccc(C(=O)N2CCN(C(=O)C(=O)NC(C)C)CC2)cn1. The minimum absolute atomic E-state index is 0.0802. The van der Waals surface area contributed by atoms with Crippen molar-refractivity contribution in [1.29, 1.82) is 0 Å². The highest BCUT2D eigenvalue weighted by atomic mass is 16.2. The molecular formula is C16H22N4O3. The number of hydrogen-bond donors (Lipinski definition) is 1. The number of nitrogens with zero attached hydrogens (tertiary/aromatic N) is 3. The van der Waals surface area contributed by atoms with Crippen LogP contribution in [0.15, 0.2) is 18.3 Å². The van der Waals surface area contributed by atoms with E-state index >= 15 is 0 Å². The predicted molar refractivity (Wildman–Crippen MR) is 84.7 cm³/mol. The second-order valence-electron chi connectivity index (χ2n) is 5.90. The molecular weight excluding hydrogens is 296 g/mol. The quantitative estimate of drug-likeness (QED) is 0.790. The Morgan fingerprint density at radius 3 is 2.22 bits per heavy atom. The maximum absolute atomic E-state index is 12.4. The third kappa shape index (κ3) is 4.28. The summed E-state index contributed by atoms with van der Waals surface area (Å²) in [7, 11) is 0. The van der Waals surface area contributed by atoms with E-state index in [-0.39, 0.29) is 11.9 Å².